The highest BCUT2D eigenvalue weighted by atomic mass is 32.2. The number of carboxylic acid groups (broad SMARTS) is 1. The summed E-state index contributed by atoms with van der Waals surface area (Å²) in [4.78, 5) is 28.9. The lowest BCUT2D eigenvalue weighted by molar-refractivity contribution is -0.142. The van der Waals surface area contributed by atoms with Crippen LogP contribution in [0.15, 0.2) is 16.0 Å². The van der Waals surface area contributed by atoms with Crippen molar-refractivity contribution in [3.63, 3.8) is 0 Å². The SMILES string of the molecule is COc1cc(C)c(S(=O)(=O)NC(N)=NCCC[C@@H](C(=O)O)N(C)C(=O)OC(C)(C)C)c(C)c1C. The molecule has 11 nitrogen and oxygen atoms in total. The smallest absolute Gasteiger partial charge is 0.410 e. The molecule has 192 valence electrons. The zero-order valence-corrected chi connectivity index (χ0v) is 21.9. The number of sulfonamides is 1. The Morgan fingerprint density at radius 2 is 1.82 bits per heavy atom. The minimum Gasteiger partial charge on any atom is -0.496 e. The number of carboxylic acids is 1. The van der Waals surface area contributed by atoms with Gasteiger partial charge in [-0.05, 0) is 77.1 Å². The number of nitrogens with two attached hydrogens (primary N) is 1. The number of hydrogen-bond donors (Lipinski definition) is 3. The number of methoxy groups -OCH3 is 1. The Hall–Kier alpha value is -3.02. The Morgan fingerprint density at radius 3 is 2.32 bits per heavy atom. The van der Waals surface area contributed by atoms with E-state index in [1.54, 1.807) is 47.6 Å². The number of benzene rings is 1. The maximum Gasteiger partial charge on any atom is 0.410 e. The van der Waals surface area contributed by atoms with Crippen LogP contribution < -0.4 is 15.2 Å². The van der Waals surface area contributed by atoms with Crippen molar-refractivity contribution in [3.8, 4) is 5.75 Å². The van der Waals surface area contributed by atoms with Crippen LogP contribution in [0.1, 0.15) is 50.3 Å². The number of nitrogens with one attached hydrogen (secondary N) is 1. The van der Waals surface area contributed by atoms with Crippen LogP contribution in [0.5, 0.6) is 5.75 Å². The second kappa shape index (κ2) is 11.4. The van der Waals surface area contributed by atoms with Crippen molar-refractivity contribution >= 4 is 28.0 Å². The minimum absolute atomic E-state index is 0.0555. The third kappa shape index (κ3) is 7.79. The second-order valence-corrected chi connectivity index (χ2v) is 10.6. The number of nitrogens with zero attached hydrogens (tertiary/aromatic N) is 2. The number of rotatable bonds is 9. The zero-order chi connectivity index (χ0) is 26.4. The number of aryl methyl sites for hydroxylation is 1. The second-order valence-electron chi connectivity index (χ2n) is 8.93. The van der Waals surface area contributed by atoms with Gasteiger partial charge in [0.15, 0.2) is 0 Å². The van der Waals surface area contributed by atoms with Crippen molar-refractivity contribution in [1.29, 1.82) is 0 Å². The van der Waals surface area contributed by atoms with Crippen LogP contribution in [0.3, 0.4) is 0 Å². The molecule has 4 N–H and O–H groups in total. The predicted octanol–water partition coefficient (Wildman–Crippen LogP) is 2.31. The molecule has 1 aromatic rings. The van der Waals surface area contributed by atoms with Gasteiger partial charge in [-0.2, -0.15) is 0 Å². The van der Waals surface area contributed by atoms with Crippen molar-refractivity contribution in [2.45, 2.75) is 70.9 Å². The fourth-order valence-corrected chi connectivity index (χ4v) is 4.78. The van der Waals surface area contributed by atoms with Gasteiger partial charge in [0.05, 0.1) is 12.0 Å². The third-order valence-corrected chi connectivity index (χ3v) is 6.70. The summed E-state index contributed by atoms with van der Waals surface area (Å²) in [6.07, 6.45) is -0.437. The van der Waals surface area contributed by atoms with E-state index in [-0.39, 0.29) is 30.2 Å². The molecule has 0 aliphatic rings. The van der Waals surface area contributed by atoms with Crippen LogP contribution in [-0.4, -0.2) is 68.8 Å². The maximum absolute atomic E-state index is 12.9. The third-order valence-electron chi connectivity index (χ3n) is 5.06. The standard InChI is InChI=1S/C22H36N4O7S/c1-13-12-17(32-8)14(2)15(3)18(13)34(30,31)25-20(23)24-11-9-10-16(19(27)28)26(7)21(29)33-22(4,5)6/h12,16H,9-11H2,1-8H3,(H,27,28)(H3,23,24,25)/t16-/m0/s1. The molecule has 1 aromatic carbocycles. The molecule has 0 spiro atoms. The molecule has 0 aromatic heterocycles. The first-order chi connectivity index (χ1) is 15.5. The van der Waals surface area contributed by atoms with E-state index in [0.29, 0.717) is 22.4 Å². The fourth-order valence-electron chi connectivity index (χ4n) is 3.30. The Morgan fingerprint density at radius 1 is 1.24 bits per heavy atom. The van der Waals surface area contributed by atoms with Crippen LogP contribution in [0.2, 0.25) is 0 Å². The molecule has 0 unspecified atom stereocenters. The van der Waals surface area contributed by atoms with Crippen molar-refractivity contribution < 1.29 is 32.6 Å². The van der Waals surface area contributed by atoms with Gasteiger partial charge in [0.25, 0.3) is 10.0 Å². The Balaban J connectivity index is 2.86. The van der Waals surface area contributed by atoms with Gasteiger partial charge in [-0.3, -0.25) is 9.89 Å². The number of hydrogen-bond acceptors (Lipinski definition) is 7. The molecule has 12 heteroatoms. The number of carbonyl (C=O) groups is 2. The quantitative estimate of drug-likeness (QED) is 0.264. The summed E-state index contributed by atoms with van der Waals surface area (Å²) >= 11 is 0. The van der Waals surface area contributed by atoms with E-state index < -0.39 is 33.7 Å². The van der Waals surface area contributed by atoms with Crippen LogP contribution in [0, 0.1) is 20.8 Å². The Bertz CT molecular complexity index is 1050. The summed E-state index contributed by atoms with van der Waals surface area (Å²) in [5, 5.41) is 9.48. The average molecular weight is 501 g/mol. The summed E-state index contributed by atoms with van der Waals surface area (Å²) in [7, 11) is -1.14. The number of likely N-dealkylation sites (N-methyl/N-ethyl adjacent to an activating group) is 1. The molecule has 1 rings (SSSR count). The average Bonchev–Trinajstić information content (AvgIpc) is 2.68. The number of ether oxygens (including phenoxy) is 2. The molecule has 0 fully saturated rings. The number of amides is 1. The highest BCUT2D eigenvalue weighted by molar-refractivity contribution is 7.90. The van der Waals surface area contributed by atoms with Crippen molar-refractivity contribution in [1.82, 2.24) is 9.62 Å². The van der Waals surface area contributed by atoms with Crippen molar-refractivity contribution in [2.75, 3.05) is 20.7 Å². The van der Waals surface area contributed by atoms with E-state index >= 15 is 0 Å². The van der Waals surface area contributed by atoms with Crippen molar-refractivity contribution in [3.05, 3.63) is 22.8 Å². The van der Waals surface area contributed by atoms with Crippen molar-refractivity contribution in [2.24, 2.45) is 10.7 Å². The highest BCUT2D eigenvalue weighted by Crippen LogP contribution is 2.30. The monoisotopic (exact) mass is 500 g/mol. The van der Waals surface area contributed by atoms with Gasteiger partial charge in [0.2, 0.25) is 5.96 Å². The molecule has 34 heavy (non-hydrogen) atoms. The number of carbonyl (C=O) groups excluding carboxylic acids is 1. The number of aliphatic carboxylic acids is 1. The molecule has 0 bridgehead atoms. The molecule has 0 saturated carbocycles. The lowest BCUT2D eigenvalue weighted by Gasteiger charge is -2.28. The molecule has 0 heterocycles. The summed E-state index contributed by atoms with van der Waals surface area (Å²) in [6.45, 7) is 10.2. The van der Waals surface area contributed by atoms with Crippen LogP contribution in [-0.2, 0) is 19.6 Å². The molecule has 0 saturated heterocycles. The Kier molecular flexibility index (Phi) is 9.73. The molecule has 1 atom stereocenters. The first kappa shape index (κ1) is 29.0. The lowest BCUT2D eigenvalue weighted by Crippen LogP contribution is -2.45. The maximum atomic E-state index is 12.9. The predicted molar refractivity (Wildman–Crippen MR) is 129 cm³/mol. The normalized spacial score (nSPS) is 13.2. The lowest BCUT2D eigenvalue weighted by atomic mass is 10.1. The molecule has 0 aliphatic carbocycles. The first-order valence-corrected chi connectivity index (χ1v) is 12.2. The van der Waals surface area contributed by atoms with Gasteiger partial charge in [0.1, 0.15) is 17.4 Å². The fraction of sp³-hybridized carbons (Fsp3) is 0.591. The van der Waals surface area contributed by atoms with Crippen LogP contribution in [0.25, 0.3) is 0 Å². The van der Waals surface area contributed by atoms with Gasteiger partial charge < -0.3 is 20.3 Å². The summed E-state index contributed by atoms with van der Waals surface area (Å²) in [6, 6.07) is 0.507. The minimum atomic E-state index is -4.00. The molecular weight excluding hydrogens is 464 g/mol. The molecular formula is C22H36N4O7S. The highest BCUT2D eigenvalue weighted by Gasteiger charge is 2.29. The van der Waals surface area contributed by atoms with E-state index in [0.717, 1.165) is 4.90 Å². The van der Waals surface area contributed by atoms with Gasteiger partial charge in [0, 0.05) is 13.6 Å². The van der Waals surface area contributed by atoms with E-state index in [1.165, 1.54) is 14.2 Å². The summed E-state index contributed by atoms with van der Waals surface area (Å²) < 4.78 is 38.5. The molecule has 1 amide bonds. The molecule has 0 aliphatic heterocycles. The van der Waals surface area contributed by atoms with Gasteiger partial charge in [-0.1, -0.05) is 0 Å². The van der Waals surface area contributed by atoms with Gasteiger partial charge in [-0.25, -0.2) is 22.7 Å². The topological polar surface area (TPSA) is 161 Å². The number of guanidine groups is 1. The summed E-state index contributed by atoms with van der Waals surface area (Å²) in [5.41, 5.74) is 6.74. The summed E-state index contributed by atoms with van der Waals surface area (Å²) in [5.74, 6) is -0.925. The molecule has 0 radical (unpaired) electrons. The largest absolute Gasteiger partial charge is 0.496 e. The van der Waals surface area contributed by atoms with E-state index in [9.17, 15) is 23.1 Å². The van der Waals surface area contributed by atoms with E-state index in [1.807, 2.05) is 0 Å². The van der Waals surface area contributed by atoms with Gasteiger partial charge >= 0.3 is 12.1 Å². The zero-order valence-electron chi connectivity index (χ0n) is 21.1. The number of aliphatic imine (C=N–C) groups is 1. The van der Waals surface area contributed by atoms with Crippen LogP contribution in [0.4, 0.5) is 4.79 Å². The van der Waals surface area contributed by atoms with Crippen LogP contribution >= 0.6 is 0 Å². The van der Waals surface area contributed by atoms with E-state index in [4.69, 9.17) is 15.2 Å². The van der Waals surface area contributed by atoms with Gasteiger partial charge in [-0.15, -0.1) is 0 Å². The Labute approximate surface area is 201 Å². The van der Waals surface area contributed by atoms with E-state index in [2.05, 4.69) is 9.71 Å². The first-order valence-electron chi connectivity index (χ1n) is 10.7.